The molecule has 0 radical (unpaired) electrons. The van der Waals surface area contributed by atoms with Crippen LogP contribution in [-0.4, -0.2) is 28.2 Å². The van der Waals surface area contributed by atoms with E-state index >= 15 is 0 Å². The van der Waals surface area contributed by atoms with Gasteiger partial charge in [0.1, 0.15) is 0 Å². The number of aryl methyl sites for hydroxylation is 1. The lowest BCUT2D eigenvalue weighted by Crippen LogP contribution is -2.11. The molecule has 0 aliphatic rings. The van der Waals surface area contributed by atoms with Gasteiger partial charge in [-0.25, -0.2) is 0 Å². The van der Waals surface area contributed by atoms with Crippen molar-refractivity contribution < 1.29 is 4.74 Å². The maximum atomic E-state index is 5.64. The Balaban J connectivity index is 2.11. The van der Waals surface area contributed by atoms with Crippen LogP contribution in [0.4, 0.5) is 0 Å². The van der Waals surface area contributed by atoms with Crippen LogP contribution in [0.1, 0.15) is 53.2 Å². The summed E-state index contributed by atoms with van der Waals surface area (Å²) >= 11 is 0. The second-order valence-electron chi connectivity index (χ2n) is 6.85. The molecular weight excluding hydrogens is 238 g/mol. The second-order valence-corrected chi connectivity index (χ2v) is 6.85. The maximum absolute atomic E-state index is 5.64. The number of ether oxygens (including phenoxy) is 1. The van der Waals surface area contributed by atoms with Gasteiger partial charge in [0.15, 0.2) is 0 Å². The minimum Gasteiger partial charge on any atom is -0.381 e. The highest BCUT2D eigenvalue weighted by atomic mass is 16.5. The molecule has 1 aromatic heterocycles. The van der Waals surface area contributed by atoms with Gasteiger partial charge in [0, 0.05) is 26.0 Å². The van der Waals surface area contributed by atoms with E-state index in [1.165, 1.54) is 0 Å². The number of hydrogen-bond acceptors (Lipinski definition) is 3. The summed E-state index contributed by atoms with van der Waals surface area (Å²) in [5.41, 5.74) is 1.45. The number of rotatable bonds is 8. The van der Waals surface area contributed by atoms with E-state index in [2.05, 4.69) is 51.1 Å². The molecule has 0 atom stereocenters. The molecule has 4 heteroatoms. The Kier molecular flexibility index (Phi) is 6.49. The Morgan fingerprint density at radius 1 is 1.26 bits per heavy atom. The van der Waals surface area contributed by atoms with Crippen molar-refractivity contribution in [3.05, 3.63) is 11.9 Å². The minimum absolute atomic E-state index is 0.359. The first kappa shape index (κ1) is 16.2. The fraction of sp³-hybridized carbons (Fsp3) is 0.867. The molecule has 1 heterocycles. The van der Waals surface area contributed by atoms with Gasteiger partial charge in [0.25, 0.3) is 0 Å². The second kappa shape index (κ2) is 7.63. The molecule has 0 fully saturated rings. The normalized spacial score (nSPS) is 12.3. The smallest absolute Gasteiger partial charge is 0.0829 e. The van der Waals surface area contributed by atoms with Crippen LogP contribution in [0.2, 0.25) is 0 Å². The molecule has 1 aromatic rings. The molecule has 0 spiro atoms. The molecular formula is C15H29N3O. The maximum Gasteiger partial charge on any atom is 0.0829 e. The highest BCUT2D eigenvalue weighted by molar-refractivity contribution is 4.92. The van der Waals surface area contributed by atoms with Crippen molar-refractivity contribution in [2.24, 2.45) is 11.3 Å². The van der Waals surface area contributed by atoms with Crippen LogP contribution in [0.3, 0.4) is 0 Å². The van der Waals surface area contributed by atoms with Crippen LogP contribution in [0.5, 0.6) is 0 Å². The SMILES string of the molecule is CC(C)Cc1cn(CCCOCCC(C)(C)C)nn1. The topological polar surface area (TPSA) is 39.9 Å². The molecule has 0 aliphatic carbocycles. The van der Waals surface area contributed by atoms with Crippen LogP contribution >= 0.6 is 0 Å². The zero-order valence-corrected chi connectivity index (χ0v) is 13.1. The van der Waals surface area contributed by atoms with Crippen LogP contribution in [0.15, 0.2) is 6.20 Å². The van der Waals surface area contributed by atoms with Crippen LogP contribution < -0.4 is 0 Å². The van der Waals surface area contributed by atoms with Gasteiger partial charge in [-0.3, -0.25) is 4.68 Å². The van der Waals surface area contributed by atoms with Gasteiger partial charge in [-0.2, -0.15) is 0 Å². The molecule has 1 rings (SSSR count). The van der Waals surface area contributed by atoms with Crippen molar-refractivity contribution >= 4 is 0 Å². The number of aromatic nitrogens is 3. The summed E-state index contributed by atoms with van der Waals surface area (Å²) < 4.78 is 7.56. The van der Waals surface area contributed by atoms with Crippen molar-refractivity contribution in [1.82, 2.24) is 15.0 Å². The Morgan fingerprint density at radius 2 is 2.00 bits per heavy atom. The lowest BCUT2D eigenvalue weighted by atomic mass is 9.93. The molecule has 0 unspecified atom stereocenters. The first-order valence-corrected chi connectivity index (χ1v) is 7.33. The summed E-state index contributed by atoms with van der Waals surface area (Å²) in [4.78, 5) is 0. The predicted molar refractivity (Wildman–Crippen MR) is 78.1 cm³/mol. The number of hydrogen-bond donors (Lipinski definition) is 0. The van der Waals surface area contributed by atoms with E-state index in [9.17, 15) is 0 Å². The van der Waals surface area contributed by atoms with Crippen LogP contribution in [0, 0.1) is 11.3 Å². The van der Waals surface area contributed by atoms with Gasteiger partial charge in [-0.05, 0) is 30.6 Å². The van der Waals surface area contributed by atoms with Crippen molar-refractivity contribution in [1.29, 1.82) is 0 Å². The molecule has 4 nitrogen and oxygen atoms in total. The van der Waals surface area contributed by atoms with E-state index in [0.29, 0.717) is 11.3 Å². The molecule has 19 heavy (non-hydrogen) atoms. The van der Waals surface area contributed by atoms with Gasteiger partial charge in [-0.1, -0.05) is 39.8 Å². The molecule has 0 bridgehead atoms. The third-order valence-electron chi connectivity index (χ3n) is 2.88. The Labute approximate surface area is 117 Å². The van der Waals surface area contributed by atoms with E-state index in [4.69, 9.17) is 4.74 Å². The van der Waals surface area contributed by atoms with E-state index < -0.39 is 0 Å². The van der Waals surface area contributed by atoms with Gasteiger partial charge in [-0.15, -0.1) is 5.10 Å². The minimum atomic E-state index is 0.359. The van der Waals surface area contributed by atoms with Gasteiger partial charge in [0.05, 0.1) is 5.69 Å². The molecule has 0 aromatic carbocycles. The molecule has 0 aliphatic heterocycles. The van der Waals surface area contributed by atoms with E-state index in [1.807, 2.05) is 4.68 Å². The Bertz CT molecular complexity index is 353. The summed E-state index contributed by atoms with van der Waals surface area (Å²) in [6.07, 6.45) is 5.15. The van der Waals surface area contributed by atoms with E-state index in [0.717, 1.165) is 44.7 Å². The standard InChI is InChI=1S/C15H29N3O/c1-13(2)11-14-12-18(17-16-14)8-6-9-19-10-7-15(3,4)5/h12-13H,6-11H2,1-5H3. The summed E-state index contributed by atoms with van der Waals surface area (Å²) in [6, 6.07) is 0. The molecule has 0 amide bonds. The summed E-state index contributed by atoms with van der Waals surface area (Å²) in [5, 5.41) is 8.31. The summed E-state index contributed by atoms with van der Waals surface area (Å²) in [6.45, 7) is 13.6. The van der Waals surface area contributed by atoms with E-state index in [-0.39, 0.29) is 0 Å². The third kappa shape index (κ3) is 7.98. The zero-order valence-electron chi connectivity index (χ0n) is 13.1. The number of nitrogens with zero attached hydrogens (tertiary/aromatic N) is 3. The van der Waals surface area contributed by atoms with Gasteiger partial charge < -0.3 is 4.74 Å². The first-order valence-electron chi connectivity index (χ1n) is 7.33. The third-order valence-corrected chi connectivity index (χ3v) is 2.88. The average molecular weight is 267 g/mol. The van der Waals surface area contributed by atoms with E-state index in [1.54, 1.807) is 0 Å². The summed E-state index contributed by atoms with van der Waals surface area (Å²) in [7, 11) is 0. The van der Waals surface area contributed by atoms with Gasteiger partial charge in [0.2, 0.25) is 0 Å². The monoisotopic (exact) mass is 267 g/mol. The lowest BCUT2D eigenvalue weighted by Gasteiger charge is -2.17. The van der Waals surface area contributed by atoms with Crippen molar-refractivity contribution in [3.8, 4) is 0 Å². The molecule has 0 saturated heterocycles. The van der Waals surface area contributed by atoms with Crippen molar-refractivity contribution in [3.63, 3.8) is 0 Å². The fourth-order valence-corrected chi connectivity index (χ4v) is 1.77. The Morgan fingerprint density at radius 3 is 2.63 bits per heavy atom. The highest BCUT2D eigenvalue weighted by Crippen LogP contribution is 2.17. The largest absolute Gasteiger partial charge is 0.381 e. The highest BCUT2D eigenvalue weighted by Gasteiger charge is 2.09. The van der Waals surface area contributed by atoms with Gasteiger partial charge >= 0.3 is 0 Å². The van der Waals surface area contributed by atoms with Crippen LogP contribution in [-0.2, 0) is 17.7 Å². The summed E-state index contributed by atoms with van der Waals surface area (Å²) in [5.74, 6) is 0.630. The molecule has 0 N–H and O–H groups in total. The van der Waals surface area contributed by atoms with Crippen molar-refractivity contribution in [2.45, 2.75) is 60.4 Å². The van der Waals surface area contributed by atoms with Crippen LogP contribution in [0.25, 0.3) is 0 Å². The zero-order chi connectivity index (χ0) is 14.3. The Hall–Kier alpha value is -0.900. The molecule has 110 valence electrons. The average Bonchev–Trinajstić information content (AvgIpc) is 2.68. The predicted octanol–water partition coefficient (Wildman–Crippen LogP) is 3.32. The lowest BCUT2D eigenvalue weighted by molar-refractivity contribution is 0.103. The first-order chi connectivity index (χ1) is 8.87. The quantitative estimate of drug-likeness (QED) is 0.678. The molecule has 0 saturated carbocycles. The van der Waals surface area contributed by atoms with Crippen molar-refractivity contribution in [2.75, 3.05) is 13.2 Å². The fourth-order valence-electron chi connectivity index (χ4n) is 1.77.